The molecule has 0 spiro atoms. The lowest BCUT2D eigenvalue weighted by molar-refractivity contribution is 0.279. The topological polar surface area (TPSA) is 51.0 Å². The fourth-order valence-corrected chi connectivity index (χ4v) is 5.37. The summed E-state index contributed by atoms with van der Waals surface area (Å²) in [6.45, 7) is 4.16. The van der Waals surface area contributed by atoms with Gasteiger partial charge in [-0.15, -0.1) is 0 Å². The first-order chi connectivity index (χ1) is 13.0. The second-order valence-corrected chi connectivity index (χ2v) is 8.57. The highest BCUT2D eigenvalue weighted by Crippen LogP contribution is 2.49. The van der Waals surface area contributed by atoms with Gasteiger partial charge in [0.15, 0.2) is 5.11 Å². The molecule has 144 valence electrons. The maximum absolute atomic E-state index is 13.0. The summed E-state index contributed by atoms with van der Waals surface area (Å²) in [5.41, 5.74) is 2.16. The fraction of sp³-hybridized carbons (Fsp3) is 0.524. The zero-order valence-corrected chi connectivity index (χ0v) is 17.1. The van der Waals surface area contributed by atoms with Crippen molar-refractivity contribution in [3.8, 4) is 5.69 Å². The minimum Gasteiger partial charge on any atom is -0.360 e. The Hall–Kier alpha value is -2.08. The minimum absolute atomic E-state index is 0.0853. The van der Waals surface area contributed by atoms with E-state index < -0.39 is 0 Å². The van der Waals surface area contributed by atoms with Crippen molar-refractivity contribution >= 4 is 23.0 Å². The largest absolute Gasteiger partial charge is 0.360 e. The summed E-state index contributed by atoms with van der Waals surface area (Å²) in [5, 5.41) is 7.15. The summed E-state index contributed by atoms with van der Waals surface area (Å²) >= 11 is 5.54. The summed E-state index contributed by atoms with van der Waals surface area (Å²) in [6, 6.07) is 10.00. The van der Waals surface area contributed by atoms with E-state index in [1.165, 1.54) is 25.7 Å². The normalized spacial score (nSPS) is 24.8. The van der Waals surface area contributed by atoms with Gasteiger partial charge in [-0.1, -0.05) is 24.6 Å². The van der Waals surface area contributed by atoms with Gasteiger partial charge >= 0.3 is 0 Å². The van der Waals surface area contributed by atoms with Crippen LogP contribution < -0.4 is 16.2 Å². The first kappa shape index (κ1) is 18.3. The number of anilines is 1. The Balaban J connectivity index is 1.49. The lowest BCUT2D eigenvalue weighted by atomic mass is 9.84. The lowest BCUT2D eigenvalue weighted by Gasteiger charge is -2.29. The quantitative estimate of drug-likeness (QED) is 0.791. The predicted octanol–water partition coefficient (Wildman–Crippen LogP) is 3.60. The van der Waals surface area contributed by atoms with Gasteiger partial charge in [-0.25, -0.2) is 4.68 Å². The van der Waals surface area contributed by atoms with Crippen molar-refractivity contribution in [2.45, 2.75) is 45.6 Å². The molecule has 5 nitrogen and oxygen atoms in total. The van der Waals surface area contributed by atoms with E-state index in [1.807, 2.05) is 49.0 Å². The van der Waals surface area contributed by atoms with E-state index in [9.17, 15) is 4.79 Å². The molecule has 2 bridgehead atoms. The standard InChI is InChI=1S/C21H28N4OS/c1-13(18-12-15-9-10-16(18)11-15)22-21(27)23-19-14(2)24(3)25(20(19)26)17-7-5-4-6-8-17/h4-8,13,15-16,18H,9-12H2,1-3H3,(H2,22,23,27). The van der Waals surface area contributed by atoms with Crippen molar-refractivity contribution in [2.24, 2.45) is 24.8 Å². The maximum atomic E-state index is 13.0. The lowest BCUT2D eigenvalue weighted by Crippen LogP contribution is -2.42. The molecule has 2 saturated carbocycles. The van der Waals surface area contributed by atoms with E-state index in [4.69, 9.17) is 12.2 Å². The first-order valence-corrected chi connectivity index (χ1v) is 10.3. The summed E-state index contributed by atoms with van der Waals surface area (Å²) < 4.78 is 3.53. The molecule has 2 aliphatic rings. The average molecular weight is 385 g/mol. The van der Waals surface area contributed by atoms with E-state index in [0.717, 1.165) is 23.2 Å². The second-order valence-electron chi connectivity index (χ2n) is 8.16. The van der Waals surface area contributed by atoms with Crippen molar-refractivity contribution < 1.29 is 0 Å². The Morgan fingerprint density at radius 3 is 2.59 bits per heavy atom. The molecule has 2 fully saturated rings. The van der Waals surface area contributed by atoms with Crippen LogP contribution in [0.15, 0.2) is 35.1 Å². The highest BCUT2D eigenvalue weighted by atomic mass is 32.1. The Labute approximate surface area is 165 Å². The molecule has 2 aromatic rings. The van der Waals surface area contributed by atoms with Crippen LogP contribution in [0, 0.1) is 24.7 Å². The van der Waals surface area contributed by atoms with Crippen molar-refractivity contribution in [3.05, 3.63) is 46.4 Å². The Morgan fingerprint density at radius 1 is 1.22 bits per heavy atom. The van der Waals surface area contributed by atoms with Gasteiger partial charge in [0.25, 0.3) is 5.56 Å². The predicted molar refractivity (Wildman–Crippen MR) is 114 cm³/mol. The number of aromatic nitrogens is 2. The molecule has 4 unspecified atom stereocenters. The van der Waals surface area contributed by atoms with Crippen molar-refractivity contribution in [2.75, 3.05) is 5.32 Å². The van der Waals surface area contributed by atoms with Crippen molar-refractivity contribution in [1.82, 2.24) is 14.7 Å². The molecule has 1 aromatic heterocycles. The summed E-state index contributed by atoms with van der Waals surface area (Å²) in [6.07, 6.45) is 5.46. The van der Waals surface area contributed by atoms with Crippen LogP contribution in [-0.4, -0.2) is 20.5 Å². The molecule has 1 aromatic carbocycles. The summed E-state index contributed by atoms with van der Waals surface area (Å²) in [7, 11) is 1.89. The molecule has 2 aliphatic carbocycles. The van der Waals surface area contributed by atoms with Crippen molar-refractivity contribution in [3.63, 3.8) is 0 Å². The molecule has 2 N–H and O–H groups in total. The average Bonchev–Trinajstić information content (AvgIpc) is 3.34. The van der Waals surface area contributed by atoms with Crippen LogP contribution in [-0.2, 0) is 7.05 Å². The molecule has 0 amide bonds. The van der Waals surface area contributed by atoms with E-state index >= 15 is 0 Å². The Kier molecular flexibility index (Phi) is 4.84. The third-order valence-corrected chi connectivity index (χ3v) is 6.81. The summed E-state index contributed by atoms with van der Waals surface area (Å²) in [4.78, 5) is 13.0. The fourth-order valence-electron chi connectivity index (χ4n) is 5.08. The Bertz CT molecular complexity index is 901. The zero-order valence-electron chi connectivity index (χ0n) is 16.2. The van der Waals surface area contributed by atoms with Crippen LogP contribution in [0.2, 0.25) is 0 Å². The molecule has 0 saturated heterocycles. The number of benzene rings is 1. The van der Waals surface area contributed by atoms with Gasteiger partial charge in [-0.2, -0.15) is 0 Å². The molecular weight excluding hydrogens is 356 g/mol. The van der Waals surface area contributed by atoms with Gasteiger partial charge in [0, 0.05) is 13.1 Å². The molecule has 0 radical (unpaired) electrons. The van der Waals surface area contributed by atoms with Crippen LogP contribution >= 0.6 is 12.2 Å². The first-order valence-electron chi connectivity index (χ1n) is 9.87. The Morgan fingerprint density at radius 2 is 1.96 bits per heavy atom. The van der Waals surface area contributed by atoms with Gasteiger partial charge in [0.1, 0.15) is 5.69 Å². The van der Waals surface area contributed by atoms with Gasteiger partial charge in [0.05, 0.1) is 11.4 Å². The third kappa shape index (κ3) is 3.31. The SMILES string of the molecule is Cc1c(NC(=S)NC(C)C2CC3CCC2C3)c(=O)n(-c2ccccc2)n1C. The van der Waals surface area contributed by atoms with Crippen LogP contribution in [0.5, 0.6) is 0 Å². The van der Waals surface area contributed by atoms with Crippen LogP contribution in [0.3, 0.4) is 0 Å². The number of hydrogen-bond acceptors (Lipinski definition) is 2. The van der Waals surface area contributed by atoms with E-state index in [0.29, 0.717) is 22.8 Å². The highest BCUT2D eigenvalue weighted by Gasteiger charge is 2.41. The number of rotatable bonds is 4. The van der Waals surface area contributed by atoms with Gasteiger partial charge in [-0.3, -0.25) is 9.48 Å². The van der Waals surface area contributed by atoms with Crippen LogP contribution in [0.4, 0.5) is 5.69 Å². The number of hydrogen-bond donors (Lipinski definition) is 2. The number of thiocarbonyl (C=S) groups is 1. The molecular formula is C21H28N4OS. The zero-order chi connectivity index (χ0) is 19.1. The second kappa shape index (κ2) is 7.15. The minimum atomic E-state index is -0.0853. The van der Waals surface area contributed by atoms with Gasteiger partial charge in [-0.05, 0) is 75.2 Å². The van der Waals surface area contributed by atoms with Crippen molar-refractivity contribution in [1.29, 1.82) is 0 Å². The van der Waals surface area contributed by atoms with Gasteiger partial charge < -0.3 is 10.6 Å². The molecule has 27 heavy (non-hydrogen) atoms. The molecule has 0 aliphatic heterocycles. The number of fused-ring (bicyclic) bond motifs is 2. The number of nitrogens with zero attached hydrogens (tertiary/aromatic N) is 2. The van der Waals surface area contributed by atoms with E-state index in [2.05, 4.69) is 17.6 Å². The summed E-state index contributed by atoms with van der Waals surface area (Å²) in [5.74, 6) is 2.45. The molecule has 4 atom stereocenters. The third-order valence-electron chi connectivity index (χ3n) is 6.59. The van der Waals surface area contributed by atoms with E-state index in [-0.39, 0.29) is 5.56 Å². The number of nitrogens with one attached hydrogen (secondary N) is 2. The van der Waals surface area contributed by atoms with Crippen LogP contribution in [0.25, 0.3) is 5.69 Å². The molecule has 4 rings (SSSR count). The number of para-hydroxylation sites is 1. The van der Waals surface area contributed by atoms with Crippen LogP contribution in [0.1, 0.15) is 38.3 Å². The molecule has 6 heteroatoms. The highest BCUT2D eigenvalue weighted by molar-refractivity contribution is 7.80. The molecule has 1 heterocycles. The van der Waals surface area contributed by atoms with E-state index in [1.54, 1.807) is 4.68 Å². The monoisotopic (exact) mass is 384 g/mol. The smallest absolute Gasteiger partial charge is 0.295 e. The van der Waals surface area contributed by atoms with Gasteiger partial charge in [0.2, 0.25) is 0 Å². The maximum Gasteiger partial charge on any atom is 0.295 e.